The standard InChI is InChI=1S/C30H28F2N4O4S/c1-4-6-7-27-35-29(37)28(30(38)36(27)25(5-2)21-14-19(17-33)15-22(31)16-21)41(39,40)23-10-8-20(9-11-23)24-12-13-26(32)34-18(24)3/h8-16,25,38H,4-7H2,1-3H3. The number of hydrogen-bond acceptors (Lipinski definition) is 7. The molecule has 2 heterocycles. The molecule has 0 aliphatic carbocycles. The highest BCUT2D eigenvalue weighted by Gasteiger charge is 2.32. The van der Waals surface area contributed by atoms with Crippen LogP contribution in [-0.4, -0.2) is 28.1 Å². The third kappa shape index (κ3) is 5.88. The maximum absolute atomic E-state index is 14.4. The van der Waals surface area contributed by atoms with E-state index in [1.807, 2.05) is 13.0 Å². The van der Waals surface area contributed by atoms with Gasteiger partial charge in [0.2, 0.25) is 21.7 Å². The van der Waals surface area contributed by atoms with Crippen molar-refractivity contribution in [3.8, 4) is 23.1 Å². The van der Waals surface area contributed by atoms with E-state index in [0.29, 0.717) is 28.8 Å². The molecule has 0 spiro atoms. The summed E-state index contributed by atoms with van der Waals surface area (Å²) in [5.41, 5.74) is 0.851. The first-order valence-electron chi connectivity index (χ1n) is 13.0. The van der Waals surface area contributed by atoms with Gasteiger partial charge in [0.1, 0.15) is 11.6 Å². The van der Waals surface area contributed by atoms with Crippen LogP contribution in [0.1, 0.15) is 61.8 Å². The van der Waals surface area contributed by atoms with E-state index in [0.717, 1.165) is 12.5 Å². The first kappa shape index (κ1) is 29.6. The SMILES string of the molecule is CCCCc1nc(=O)c(S(=O)(=O)c2ccc(-c3ccc(F)nc3C)cc2)c(O)n1C(CC)c1cc(F)cc(C#N)c1. The van der Waals surface area contributed by atoms with Crippen molar-refractivity contribution in [2.24, 2.45) is 0 Å². The van der Waals surface area contributed by atoms with Crippen LogP contribution >= 0.6 is 0 Å². The summed E-state index contributed by atoms with van der Waals surface area (Å²) in [6.45, 7) is 5.30. The van der Waals surface area contributed by atoms with E-state index in [9.17, 15) is 32.4 Å². The largest absolute Gasteiger partial charge is 0.493 e. The van der Waals surface area contributed by atoms with Crippen molar-refractivity contribution in [3.05, 3.63) is 99.4 Å². The van der Waals surface area contributed by atoms with Crippen molar-refractivity contribution in [3.63, 3.8) is 0 Å². The average molecular weight is 579 g/mol. The van der Waals surface area contributed by atoms with Crippen LogP contribution in [-0.2, 0) is 16.3 Å². The number of halogens is 2. The number of pyridine rings is 1. The molecular formula is C30H28F2N4O4S. The Morgan fingerprint density at radius 1 is 1.05 bits per heavy atom. The zero-order valence-electron chi connectivity index (χ0n) is 22.7. The summed E-state index contributed by atoms with van der Waals surface area (Å²) in [5, 5.41) is 20.8. The molecule has 4 rings (SSSR count). The molecule has 0 fully saturated rings. The Bertz CT molecular complexity index is 1810. The first-order valence-corrected chi connectivity index (χ1v) is 14.5. The number of hydrogen-bond donors (Lipinski definition) is 1. The third-order valence-corrected chi connectivity index (χ3v) is 8.60. The smallest absolute Gasteiger partial charge is 0.296 e. The van der Waals surface area contributed by atoms with E-state index in [4.69, 9.17) is 0 Å². The second-order valence-electron chi connectivity index (χ2n) is 9.56. The monoisotopic (exact) mass is 578 g/mol. The molecule has 41 heavy (non-hydrogen) atoms. The average Bonchev–Trinajstić information content (AvgIpc) is 2.93. The molecule has 2 aromatic carbocycles. The van der Waals surface area contributed by atoms with Crippen LogP contribution in [0.15, 0.2) is 69.2 Å². The topological polar surface area (TPSA) is 126 Å². The number of aromatic nitrogens is 3. The highest BCUT2D eigenvalue weighted by Crippen LogP contribution is 2.34. The third-order valence-electron chi connectivity index (χ3n) is 6.82. The van der Waals surface area contributed by atoms with Gasteiger partial charge in [-0.3, -0.25) is 9.36 Å². The van der Waals surface area contributed by atoms with Crippen molar-refractivity contribution in [2.45, 2.75) is 62.3 Å². The van der Waals surface area contributed by atoms with Crippen molar-refractivity contribution < 1.29 is 22.3 Å². The molecule has 0 saturated carbocycles. The lowest BCUT2D eigenvalue weighted by atomic mass is 10.0. The van der Waals surface area contributed by atoms with Crippen LogP contribution in [0.25, 0.3) is 11.1 Å². The molecule has 0 bridgehead atoms. The lowest BCUT2D eigenvalue weighted by Crippen LogP contribution is -2.27. The van der Waals surface area contributed by atoms with E-state index in [1.54, 1.807) is 13.8 Å². The quantitative estimate of drug-likeness (QED) is 0.255. The minimum atomic E-state index is -4.57. The number of aryl methyl sites for hydroxylation is 2. The van der Waals surface area contributed by atoms with Gasteiger partial charge in [0, 0.05) is 17.7 Å². The van der Waals surface area contributed by atoms with Crippen molar-refractivity contribution in [1.29, 1.82) is 5.26 Å². The van der Waals surface area contributed by atoms with Gasteiger partial charge in [-0.05, 0) is 73.4 Å². The van der Waals surface area contributed by atoms with Crippen LogP contribution in [0, 0.1) is 30.0 Å². The molecule has 0 aliphatic rings. The second-order valence-corrected chi connectivity index (χ2v) is 11.4. The second kappa shape index (κ2) is 12.0. The molecule has 0 saturated heterocycles. The van der Waals surface area contributed by atoms with Crippen LogP contribution in [0.5, 0.6) is 5.88 Å². The summed E-state index contributed by atoms with van der Waals surface area (Å²) in [4.78, 5) is 19.8. The number of aromatic hydroxyl groups is 1. The Morgan fingerprint density at radius 3 is 2.37 bits per heavy atom. The van der Waals surface area contributed by atoms with E-state index in [2.05, 4.69) is 9.97 Å². The van der Waals surface area contributed by atoms with Gasteiger partial charge in [-0.1, -0.05) is 32.4 Å². The Kier molecular flexibility index (Phi) is 8.63. The summed E-state index contributed by atoms with van der Waals surface area (Å²) >= 11 is 0. The molecule has 0 radical (unpaired) electrons. The van der Waals surface area contributed by atoms with Gasteiger partial charge < -0.3 is 5.11 Å². The summed E-state index contributed by atoms with van der Waals surface area (Å²) in [6.07, 6.45) is 1.86. The zero-order valence-corrected chi connectivity index (χ0v) is 23.5. The normalized spacial score (nSPS) is 12.2. The fourth-order valence-electron chi connectivity index (χ4n) is 4.83. The van der Waals surface area contributed by atoms with Gasteiger partial charge in [0.25, 0.3) is 5.56 Å². The molecule has 0 aliphatic heterocycles. The number of sulfone groups is 1. The summed E-state index contributed by atoms with van der Waals surface area (Å²) in [5.74, 6) is -1.97. The molecule has 4 aromatic rings. The number of benzene rings is 2. The van der Waals surface area contributed by atoms with Crippen LogP contribution < -0.4 is 5.56 Å². The van der Waals surface area contributed by atoms with Gasteiger partial charge in [0.15, 0.2) is 4.90 Å². The summed E-state index contributed by atoms with van der Waals surface area (Å²) in [7, 11) is -4.57. The predicted octanol–water partition coefficient (Wildman–Crippen LogP) is 5.64. The maximum atomic E-state index is 14.4. The van der Waals surface area contributed by atoms with Gasteiger partial charge >= 0.3 is 0 Å². The van der Waals surface area contributed by atoms with Crippen LogP contribution in [0.3, 0.4) is 0 Å². The van der Waals surface area contributed by atoms with Gasteiger partial charge in [-0.25, -0.2) is 17.8 Å². The minimum absolute atomic E-state index is 0.0570. The minimum Gasteiger partial charge on any atom is -0.493 e. The van der Waals surface area contributed by atoms with Crippen LogP contribution in [0.2, 0.25) is 0 Å². The van der Waals surface area contributed by atoms with Gasteiger partial charge in [0.05, 0.1) is 22.6 Å². The highest BCUT2D eigenvalue weighted by molar-refractivity contribution is 7.91. The molecule has 0 amide bonds. The predicted molar refractivity (Wildman–Crippen MR) is 148 cm³/mol. The molecular weight excluding hydrogens is 550 g/mol. The first-order chi connectivity index (χ1) is 19.5. The number of nitrogens with zero attached hydrogens (tertiary/aromatic N) is 4. The van der Waals surface area contributed by atoms with Crippen LogP contribution in [0.4, 0.5) is 8.78 Å². The molecule has 11 heteroatoms. The fraction of sp³-hybridized carbons (Fsp3) is 0.267. The molecule has 1 N–H and O–H groups in total. The van der Waals surface area contributed by atoms with Gasteiger partial charge in [-0.15, -0.1) is 0 Å². The number of rotatable bonds is 9. The van der Waals surface area contributed by atoms with Gasteiger partial charge in [-0.2, -0.15) is 14.6 Å². The Balaban J connectivity index is 1.88. The molecule has 2 aromatic heterocycles. The molecule has 1 unspecified atom stereocenters. The summed E-state index contributed by atoms with van der Waals surface area (Å²) in [6, 6.07) is 13.1. The van der Waals surface area contributed by atoms with E-state index in [1.165, 1.54) is 53.1 Å². The Hall–Kier alpha value is -4.43. The lowest BCUT2D eigenvalue weighted by molar-refractivity contribution is 0.358. The van der Waals surface area contributed by atoms with E-state index in [-0.39, 0.29) is 29.1 Å². The molecule has 1 atom stereocenters. The fourth-order valence-corrected chi connectivity index (χ4v) is 6.17. The van der Waals surface area contributed by atoms with Crippen molar-refractivity contribution in [1.82, 2.24) is 14.5 Å². The van der Waals surface area contributed by atoms with Crippen molar-refractivity contribution >= 4 is 9.84 Å². The van der Waals surface area contributed by atoms with Crippen molar-refractivity contribution in [2.75, 3.05) is 0 Å². The molecule has 8 nitrogen and oxygen atoms in total. The number of nitriles is 1. The summed E-state index contributed by atoms with van der Waals surface area (Å²) < 4.78 is 56.5. The lowest BCUT2D eigenvalue weighted by Gasteiger charge is -2.25. The highest BCUT2D eigenvalue weighted by atomic mass is 32.2. The van der Waals surface area contributed by atoms with E-state index < -0.39 is 44.0 Å². The molecule has 212 valence electrons. The zero-order chi connectivity index (χ0) is 29.9. The Morgan fingerprint density at radius 2 is 1.76 bits per heavy atom. The Labute approximate surface area is 236 Å². The van der Waals surface area contributed by atoms with E-state index >= 15 is 0 Å². The number of unbranched alkanes of at least 4 members (excludes halogenated alkanes) is 1. The maximum Gasteiger partial charge on any atom is 0.296 e.